The number of hydrogen-bond donors (Lipinski definition) is 0. The first kappa shape index (κ1) is 16.9. The molecule has 0 fully saturated rings. The minimum Gasteiger partial charge on any atom is -0.496 e. The maximum atomic E-state index is 12.5. The van der Waals surface area contributed by atoms with Gasteiger partial charge in [-0.2, -0.15) is 0 Å². The van der Waals surface area contributed by atoms with Crippen LogP contribution in [-0.4, -0.2) is 32.1 Å². The number of methoxy groups -OCH3 is 2. The molecule has 2 aromatic rings. The highest BCUT2D eigenvalue weighted by molar-refractivity contribution is 5.79. The number of amides is 1. The molecule has 0 aliphatic heterocycles. The molecule has 0 bridgehead atoms. The van der Waals surface area contributed by atoms with Crippen molar-refractivity contribution < 1.29 is 14.3 Å². The number of hydrogen-bond acceptors (Lipinski definition) is 3. The van der Waals surface area contributed by atoms with Gasteiger partial charge in [0.15, 0.2) is 0 Å². The zero-order chi connectivity index (χ0) is 16.8. The fourth-order valence-electron chi connectivity index (χ4n) is 2.62. The smallest absolute Gasteiger partial charge is 0.227 e. The van der Waals surface area contributed by atoms with E-state index < -0.39 is 0 Å². The Balaban J connectivity index is 2.12. The SMILES string of the molecule is COc1ccc(CC(=O)N(C)Cc2ccccc2)c(OC)c1C. The number of carbonyl (C=O) groups is 1. The number of rotatable bonds is 6. The minimum atomic E-state index is 0.0525. The summed E-state index contributed by atoms with van der Waals surface area (Å²) in [7, 11) is 5.06. The summed E-state index contributed by atoms with van der Waals surface area (Å²) in [5, 5.41) is 0. The molecule has 0 atom stereocenters. The Labute approximate surface area is 137 Å². The lowest BCUT2D eigenvalue weighted by Crippen LogP contribution is -2.27. The standard InChI is InChI=1S/C19H23NO3/c1-14-17(22-3)11-10-16(19(14)23-4)12-18(21)20(2)13-15-8-6-5-7-9-15/h5-11H,12-13H2,1-4H3. The number of carbonyl (C=O) groups excluding carboxylic acids is 1. The summed E-state index contributed by atoms with van der Waals surface area (Å²) in [5.41, 5.74) is 2.89. The first-order chi connectivity index (χ1) is 11.1. The molecule has 4 heteroatoms. The number of ether oxygens (including phenoxy) is 2. The summed E-state index contributed by atoms with van der Waals surface area (Å²) in [5.74, 6) is 1.53. The Morgan fingerprint density at radius 2 is 1.74 bits per heavy atom. The number of likely N-dealkylation sites (N-methyl/N-ethyl adjacent to an activating group) is 1. The van der Waals surface area contributed by atoms with Crippen LogP contribution in [0.5, 0.6) is 11.5 Å². The molecule has 0 N–H and O–H groups in total. The van der Waals surface area contributed by atoms with Gasteiger partial charge in [0.25, 0.3) is 0 Å². The van der Waals surface area contributed by atoms with E-state index in [4.69, 9.17) is 9.47 Å². The third kappa shape index (κ3) is 4.03. The van der Waals surface area contributed by atoms with Gasteiger partial charge in [-0.05, 0) is 18.6 Å². The van der Waals surface area contributed by atoms with Gasteiger partial charge in [-0.15, -0.1) is 0 Å². The van der Waals surface area contributed by atoms with Crippen LogP contribution in [0.3, 0.4) is 0 Å². The van der Waals surface area contributed by atoms with Crippen LogP contribution in [0.25, 0.3) is 0 Å². The van der Waals surface area contributed by atoms with E-state index >= 15 is 0 Å². The molecule has 0 saturated carbocycles. The maximum Gasteiger partial charge on any atom is 0.227 e. The second-order valence-electron chi connectivity index (χ2n) is 5.50. The van der Waals surface area contributed by atoms with E-state index in [0.29, 0.717) is 18.7 Å². The molecule has 4 nitrogen and oxygen atoms in total. The normalized spacial score (nSPS) is 10.3. The van der Waals surface area contributed by atoms with E-state index in [1.165, 1.54) is 0 Å². The molecule has 0 aromatic heterocycles. The van der Waals surface area contributed by atoms with Gasteiger partial charge in [0.2, 0.25) is 5.91 Å². The minimum absolute atomic E-state index is 0.0525. The fourth-order valence-corrected chi connectivity index (χ4v) is 2.62. The average Bonchev–Trinajstić information content (AvgIpc) is 2.56. The van der Waals surface area contributed by atoms with Crippen LogP contribution >= 0.6 is 0 Å². The zero-order valence-corrected chi connectivity index (χ0v) is 14.1. The van der Waals surface area contributed by atoms with Crippen molar-refractivity contribution in [2.24, 2.45) is 0 Å². The highest BCUT2D eigenvalue weighted by Crippen LogP contribution is 2.31. The van der Waals surface area contributed by atoms with Crippen molar-refractivity contribution in [3.05, 3.63) is 59.2 Å². The topological polar surface area (TPSA) is 38.8 Å². The predicted octanol–water partition coefficient (Wildman–Crippen LogP) is 3.21. The van der Waals surface area contributed by atoms with Crippen LogP contribution in [0, 0.1) is 6.92 Å². The molecule has 2 rings (SSSR count). The molecule has 0 radical (unpaired) electrons. The van der Waals surface area contributed by atoms with E-state index in [1.807, 2.05) is 56.4 Å². The van der Waals surface area contributed by atoms with Crippen molar-refractivity contribution in [1.82, 2.24) is 4.90 Å². The van der Waals surface area contributed by atoms with Gasteiger partial charge < -0.3 is 14.4 Å². The summed E-state index contributed by atoms with van der Waals surface area (Å²) in [6.07, 6.45) is 0.303. The van der Waals surface area contributed by atoms with Crippen molar-refractivity contribution >= 4 is 5.91 Å². The van der Waals surface area contributed by atoms with Crippen LogP contribution in [0.4, 0.5) is 0 Å². The third-order valence-corrected chi connectivity index (χ3v) is 3.89. The van der Waals surface area contributed by atoms with E-state index in [0.717, 1.165) is 22.4 Å². The first-order valence-corrected chi connectivity index (χ1v) is 7.55. The lowest BCUT2D eigenvalue weighted by Gasteiger charge is -2.19. The highest BCUT2D eigenvalue weighted by Gasteiger charge is 2.16. The summed E-state index contributed by atoms with van der Waals surface area (Å²) >= 11 is 0. The lowest BCUT2D eigenvalue weighted by molar-refractivity contribution is -0.129. The zero-order valence-electron chi connectivity index (χ0n) is 14.1. The molecule has 0 unspecified atom stereocenters. The van der Waals surface area contributed by atoms with Crippen molar-refractivity contribution in [2.45, 2.75) is 19.9 Å². The number of nitrogens with zero attached hydrogens (tertiary/aromatic N) is 1. The summed E-state index contributed by atoms with van der Waals surface area (Å²) in [6, 6.07) is 13.7. The van der Waals surface area contributed by atoms with Crippen LogP contribution in [0.15, 0.2) is 42.5 Å². The monoisotopic (exact) mass is 313 g/mol. The lowest BCUT2D eigenvalue weighted by atomic mass is 10.0. The second kappa shape index (κ2) is 7.68. The summed E-state index contributed by atoms with van der Waals surface area (Å²) < 4.78 is 10.8. The molecular weight excluding hydrogens is 290 g/mol. The van der Waals surface area contributed by atoms with E-state index in [-0.39, 0.29) is 5.91 Å². The molecular formula is C19H23NO3. The first-order valence-electron chi connectivity index (χ1n) is 7.55. The maximum absolute atomic E-state index is 12.5. The molecule has 0 aliphatic rings. The summed E-state index contributed by atoms with van der Waals surface area (Å²) in [6.45, 7) is 2.52. The molecule has 1 amide bonds. The Morgan fingerprint density at radius 3 is 2.35 bits per heavy atom. The van der Waals surface area contributed by atoms with E-state index in [9.17, 15) is 4.79 Å². The van der Waals surface area contributed by atoms with Crippen molar-refractivity contribution in [2.75, 3.05) is 21.3 Å². The van der Waals surface area contributed by atoms with Crippen molar-refractivity contribution in [1.29, 1.82) is 0 Å². The second-order valence-corrected chi connectivity index (χ2v) is 5.50. The Bertz CT molecular complexity index is 668. The molecule has 23 heavy (non-hydrogen) atoms. The molecule has 122 valence electrons. The predicted molar refractivity (Wildman–Crippen MR) is 90.9 cm³/mol. The highest BCUT2D eigenvalue weighted by atomic mass is 16.5. The van der Waals surface area contributed by atoms with E-state index in [2.05, 4.69) is 0 Å². The number of benzene rings is 2. The molecule has 0 aliphatic carbocycles. The van der Waals surface area contributed by atoms with Gasteiger partial charge in [-0.25, -0.2) is 0 Å². The Kier molecular flexibility index (Phi) is 5.63. The molecule has 2 aromatic carbocycles. The summed E-state index contributed by atoms with van der Waals surface area (Å²) in [4.78, 5) is 14.2. The largest absolute Gasteiger partial charge is 0.496 e. The van der Waals surface area contributed by atoms with Crippen LogP contribution in [0.2, 0.25) is 0 Å². The molecule has 0 spiro atoms. The van der Waals surface area contributed by atoms with E-state index in [1.54, 1.807) is 19.1 Å². The average molecular weight is 313 g/mol. The van der Waals surface area contributed by atoms with Gasteiger partial charge in [0.1, 0.15) is 11.5 Å². The Hall–Kier alpha value is -2.49. The third-order valence-electron chi connectivity index (χ3n) is 3.89. The van der Waals surface area contributed by atoms with Gasteiger partial charge in [-0.3, -0.25) is 4.79 Å². The fraction of sp³-hybridized carbons (Fsp3) is 0.316. The van der Waals surface area contributed by atoms with Gasteiger partial charge in [0, 0.05) is 24.7 Å². The van der Waals surface area contributed by atoms with Crippen LogP contribution in [0.1, 0.15) is 16.7 Å². The van der Waals surface area contributed by atoms with Gasteiger partial charge >= 0.3 is 0 Å². The van der Waals surface area contributed by atoms with Crippen LogP contribution < -0.4 is 9.47 Å². The van der Waals surface area contributed by atoms with Crippen molar-refractivity contribution in [3.63, 3.8) is 0 Å². The quantitative estimate of drug-likeness (QED) is 0.822. The van der Waals surface area contributed by atoms with Gasteiger partial charge in [-0.1, -0.05) is 36.4 Å². The van der Waals surface area contributed by atoms with Gasteiger partial charge in [0.05, 0.1) is 20.6 Å². The molecule has 0 heterocycles. The Morgan fingerprint density at radius 1 is 1.04 bits per heavy atom. The molecule has 0 saturated heterocycles. The van der Waals surface area contributed by atoms with Crippen molar-refractivity contribution in [3.8, 4) is 11.5 Å². The van der Waals surface area contributed by atoms with Crippen LogP contribution in [-0.2, 0) is 17.8 Å².